The highest BCUT2D eigenvalue weighted by atomic mass is 16.5. The molecule has 0 bridgehead atoms. The van der Waals surface area contributed by atoms with E-state index in [1.165, 1.54) is 6.39 Å². The Kier molecular flexibility index (Phi) is 5.78. The van der Waals surface area contributed by atoms with Crippen LogP contribution < -0.4 is 10.1 Å². The van der Waals surface area contributed by atoms with Crippen LogP contribution in [0.3, 0.4) is 0 Å². The third kappa shape index (κ3) is 4.58. The first-order valence-electron chi connectivity index (χ1n) is 7.10. The number of aromatic nitrogens is 1. The molecule has 0 amide bonds. The molecule has 2 aromatic rings. The van der Waals surface area contributed by atoms with Crippen LogP contribution in [0.25, 0.3) is 11.3 Å². The van der Waals surface area contributed by atoms with Crippen LogP contribution in [0.4, 0.5) is 0 Å². The normalized spacial score (nSPS) is 11.0. The quantitative estimate of drug-likeness (QED) is 0.758. The molecule has 0 spiro atoms. The van der Waals surface area contributed by atoms with Crippen LogP contribution >= 0.6 is 0 Å². The van der Waals surface area contributed by atoms with Gasteiger partial charge in [0.05, 0.1) is 12.7 Å². The van der Waals surface area contributed by atoms with Crippen molar-refractivity contribution >= 4 is 0 Å². The molecule has 21 heavy (non-hydrogen) atoms. The van der Waals surface area contributed by atoms with E-state index < -0.39 is 0 Å². The Morgan fingerprint density at radius 3 is 2.95 bits per heavy atom. The van der Waals surface area contributed by atoms with Gasteiger partial charge in [-0.05, 0) is 26.0 Å². The van der Waals surface area contributed by atoms with Crippen LogP contribution in [0.15, 0.2) is 35.1 Å². The molecule has 5 nitrogen and oxygen atoms in total. The molecule has 1 aromatic carbocycles. The van der Waals surface area contributed by atoms with Gasteiger partial charge in [-0.3, -0.25) is 0 Å². The van der Waals surface area contributed by atoms with Crippen molar-refractivity contribution in [1.82, 2.24) is 10.3 Å². The average Bonchev–Trinajstić information content (AvgIpc) is 2.91. The molecule has 1 N–H and O–H groups in total. The molecule has 1 aromatic heterocycles. The monoisotopic (exact) mass is 290 g/mol. The fourth-order valence-electron chi connectivity index (χ4n) is 1.99. The number of rotatable bonds is 8. The van der Waals surface area contributed by atoms with E-state index in [-0.39, 0.29) is 6.10 Å². The van der Waals surface area contributed by atoms with Crippen molar-refractivity contribution < 1.29 is 13.9 Å². The summed E-state index contributed by atoms with van der Waals surface area (Å²) in [7, 11) is 1.68. The van der Waals surface area contributed by atoms with Crippen molar-refractivity contribution in [1.29, 1.82) is 0 Å². The van der Waals surface area contributed by atoms with E-state index in [0.29, 0.717) is 13.2 Å². The fraction of sp³-hybridized carbons (Fsp3) is 0.438. The number of nitrogens with zero attached hydrogens (tertiary/aromatic N) is 1. The predicted molar refractivity (Wildman–Crippen MR) is 81.3 cm³/mol. The van der Waals surface area contributed by atoms with E-state index in [0.717, 1.165) is 29.3 Å². The van der Waals surface area contributed by atoms with E-state index >= 15 is 0 Å². The number of ether oxygens (including phenoxy) is 2. The molecule has 0 radical (unpaired) electrons. The van der Waals surface area contributed by atoms with Crippen molar-refractivity contribution in [3.8, 4) is 17.1 Å². The van der Waals surface area contributed by atoms with Crippen LogP contribution in [0.5, 0.6) is 5.75 Å². The maximum absolute atomic E-state index is 5.71. The van der Waals surface area contributed by atoms with Crippen molar-refractivity contribution in [2.45, 2.75) is 26.5 Å². The number of nitrogens with one attached hydrogen (secondary N) is 1. The van der Waals surface area contributed by atoms with Gasteiger partial charge in [-0.15, -0.1) is 0 Å². The minimum atomic E-state index is 0.144. The molecule has 2 rings (SSSR count). The van der Waals surface area contributed by atoms with E-state index in [1.807, 2.05) is 38.1 Å². The number of hydrogen-bond donors (Lipinski definition) is 1. The average molecular weight is 290 g/mol. The Balaban J connectivity index is 2.09. The highest BCUT2D eigenvalue weighted by Crippen LogP contribution is 2.27. The summed E-state index contributed by atoms with van der Waals surface area (Å²) in [6, 6.07) is 7.86. The first-order valence-corrected chi connectivity index (χ1v) is 7.10. The number of hydrogen-bond acceptors (Lipinski definition) is 5. The second kappa shape index (κ2) is 7.81. The fourth-order valence-corrected chi connectivity index (χ4v) is 1.99. The topological polar surface area (TPSA) is 56.5 Å². The standard InChI is InChI=1S/C16H22N2O3/c1-12(2)21-14-6-4-5-13(9-14)16-15(18-11-20-16)10-17-7-8-19-3/h4-6,9,11-12,17H,7-8,10H2,1-3H3. The van der Waals surface area contributed by atoms with Crippen LogP contribution in [0, 0.1) is 0 Å². The van der Waals surface area contributed by atoms with Gasteiger partial charge in [0.1, 0.15) is 11.4 Å². The van der Waals surface area contributed by atoms with Crippen LogP contribution in [-0.2, 0) is 11.3 Å². The lowest BCUT2D eigenvalue weighted by Crippen LogP contribution is -2.19. The van der Waals surface area contributed by atoms with Gasteiger partial charge in [0.15, 0.2) is 12.2 Å². The summed E-state index contributed by atoms with van der Waals surface area (Å²) < 4.78 is 16.2. The summed E-state index contributed by atoms with van der Waals surface area (Å²) in [6.07, 6.45) is 1.61. The SMILES string of the molecule is COCCNCc1ncoc1-c1cccc(OC(C)C)c1. The number of oxazole rings is 1. The Hall–Kier alpha value is -1.85. The molecule has 0 aliphatic heterocycles. The molecular weight excluding hydrogens is 268 g/mol. The van der Waals surface area contributed by atoms with Crippen LogP contribution in [0.2, 0.25) is 0 Å². The molecule has 0 saturated heterocycles. The lowest BCUT2D eigenvalue weighted by molar-refractivity contribution is 0.199. The third-order valence-electron chi connectivity index (χ3n) is 2.88. The highest BCUT2D eigenvalue weighted by molar-refractivity contribution is 5.61. The van der Waals surface area contributed by atoms with E-state index in [9.17, 15) is 0 Å². The number of benzene rings is 1. The number of methoxy groups -OCH3 is 1. The minimum Gasteiger partial charge on any atom is -0.491 e. The highest BCUT2D eigenvalue weighted by Gasteiger charge is 2.11. The summed E-state index contributed by atoms with van der Waals surface area (Å²) >= 11 is 0. The molecule has 0 unspecified atom stereocenters. The summed E-state index contributed by atoms with van der Waals surface area (Å²) in [6.45, 7) is 6.10. The van der Waals surface area contributed by atoms with Gasteiger partial charge in [0.2, 0.25) is 0 Å². The van der Waals surface area contributed by atoms with Gasteiger partial charge in [0, 0.05) is 25.8 Å². The van der Waals surface area contributed by atoms with E-state index in [1.54, 1.807) is 7.11 Å². The van der Waals surface area contributed by atoms with Crippen molar-refractivity contribution in [3.63, 3.8) is 0 Å². The maximum atomic E-state index is 5.71. The zero-order chi connectivity index (χ0) is 15.1. The van der Waals surface area contributed by atoms with E-state index in [2.05, 4.69) is 10.3 Å². The van der Waals surface area contributed by atoms with Crippen molar-refractivity contribution in [2.24, 2.45) is 0 Å². The van der Waals surface area contributed by atoms with Crippen LogP contribution in [-0.4, -0.2) is 31.3 Å². The molecule has 0 aliphatic rings. The predicted octanol–water partition coefficient (Wildman–Crippen LogP) is 2.86. The van der Waals surface area contributed by atoms with Crippen molar-refractivity contribution in [2.75, 3.05) is 20.3 Å². The van der Waals surface area contributed by atoms with Crippen molar-refractivity contribution in [3.05, 3.63) is 36.4 Å². The zero-order valence-corrected chi connectivity index (χ0v) is 12.8. The van der Waals surface area contributed by atoms with Gasteiger partial charge in [-0.1, -0.05) is 12.1 Å². The summed E-state index contributed by atoms with van der Waals surface area (Å²) in [5.41, 5.74) is 1.85. The van der Waals surface area contributed by atoms with Gasteiger partial charge in [-0.2, -0.15) is 0 Å². The van der Waals surface area contributed by atoms with Gasteiger partial charge in [-0.25, -0.2) is 4.98 Å². The zero-order valence-electron chi connectivity index (χ0n) is 12.8. The maximum Gasteiger partial charge on any atom is 0.181 e. The molecular formula is C16H22N2O3. The lowest BCUT2D eigenvalue weighted by atomic mass is 10.1. The third-order valence-corrected chi connectivity index (χ3v) is 2.88. The van der Waals surface area contributed by atoms with Gasteiger partial charge >= 0.3 is 0 Å². The molecule has 0 saturated carbocycles. The summed E-state index contributed by atoms with van der Waals surface area (Å²) in [4.78, 5) is 4.27. The second-order valence-electron chi connectivity index (χ2n) is 4.99. The first-order chi connectivity index (χ1) is 10.2. The van der Waals surface area contributed by atoms with Crippen LogP contribution in [0.1, 0.15) is 19.5 Å². The van der Waals surface area contributed by atoms with E-state index in [4.69, 9.17) is 13.9 Å². The molecule has 5 heteroatoms. The van der Waals surface area contributed by atoms with Gasteiger partial charge in [0.25, 0.3) is 0 Å². The lowest BCUT2D eigenvalue weighted by Gasteiger charge is -2.10. The summed E-state index contributed by atoms with van der Waals surface area (Å²) in [5.74, 6) is 1.60. The summed E-state index contributed by atoms with van der Waals surface area (Å²) in [5, 5.41) is 3.27. The molecule has 1 heterocycles. The Labute approximate surface area is 125 Å². The second-order valence-corrected chi connectivity index (χ2v) is 4.99. The largest absolute Gasteiger partial charge is 0.491 e. The molecule has 0 fully saturated rings. The Morgan fingerprint density at radius 2 is 2.19 bits per heavy atom. The molecule has 0 atom stereocenters. The smallest absolute Gasteiger partial charge is 0.181 e. The van der Waals surface area contributed by atoms with Gasteiger partial charge < -0.3 is 19.2 Å². The minimum absolute atomic E-state index is 0.144. The Bertz CT molecular complexity index is 552. The molecule has 114 valence electrons. The molecule has 0 aliphatic carbocycles. The first kappa shape index (κ1) is 15.5. The Morgan fingerprint density at radius 1 is 1.33 bits per heavy atom.